The predicted molar refractivity (Wildman–Crippen MR) is 93.1 cm³/mol. The third-order valence-electron chi connectivity index (χ3n) is 4.80. The molecular formula is C19H25NO3. The minimum absolute atomic E-state index is 0.000706. The van der Waals surface area contributed by atoms with Crippen LogP contribution in [-0.4, -0.2) is 15.6 Å². The van der Waals surface area contributed by atoms with Crippen LogP contribution in [0.1, 0.15) is 53.0 Å². The molecule has 0 saturated carbocycles. The summed E-state index contributed by atoms with van der Waals surface area (Å²) in [6, 6.07) is 7.62. The minimum Gasteiger partial charge on any atom is -0.479 e. The zero-order valence-corrected chi connectivity index (χ0v) is 14.5. The third kappa shape index (κ3) is 2.78. The molecule has 4 nitrogen and oxygen atoms in total. The van der Waals surface area contributed by atoms with Crippen LogP contribution in [0.3, 0.4) is 0 Å². The van der Waals surface area contributed by atoms with Gasteiger partial charge in [-0.1, -0.05) is 46.8 Å². The first kappa shape index (κ1) is 17.3. The summed E-state index contributed by atoms with van der Waals surface area (Å²) in [5.74, 6) is -0.963. The van der Waals surface area contributed by atoms with Gasteiger partial charge in [-0.05, 0) is 41.3 Å². The normalized spacial score (nSPS) is 12.6. The summed E-state index contributed by atoms with van der Waals surface area (Å²) in [5.41, 5.74) is -0.277. The lowest BCUT2D eigenvalue weighted by Crippen LogP contribution is -2.46. The van der Waals surface area contributed by atoms with Crippen LogP contribution in [0, 0.1) is 0 Å². The van der Waals surface area contributed by atoms with Crippen molar-refractivity contribution in [2.75, 3.05) is 0 Å². The van der Waals surface area contributed by atoms with Crippen molar-refractivity contribution in [2.45, 2.75) is 58.4 Å². The molecule has 0 aliphatic carbocycles. The van der Waals surface area contributed by atoms with E-state index in [9.17, 15) is 14.7 Å². The van der Waals surface area contributed by atoms with E-state index in [2.05, 4.69) is 20.8 Å². The lowest BCUT2D eigenvalue weighted by molar-refractivity contribution is -0.148. The maximum absolute atomic E-state index is 12.9. The highest BCUT2D eigenvalue weighted by Gasteiger charge is 2.37. The smallest absolute Gasteiger partial charge is 0.329 e. The summed E-state index contributed by atoms with van der Waals surface area (Å²) < 4.78 is 1.38. The Labute approximate surface area is 136 Å². The standard InChI is InChI=1S/C19H25NO3/c1-6-19(7-2,17(22)23)20-11-10-13-12-14(18(3,4)5)8-9-15(13)16(20)21/h8-12H,6-7H2,1-5H3,(H,22,23). The van der Waals surface area contributed by atoms with Crippen molar-refractivity contribution in [1.82, 2.24) is 4.57 Å². The van der Waals surface area contributed by atoms with Crippen LogP contribution in [0.2, 0.25) is 0 Å². The summed E-state index contributed by atoms with van der Waals surface area (Å²) in [7, 11) is 0. The van der Waals surface area contributed by atoms with Crippen molar-refractivity contribution in [3.05, 3.63) is 46.4 Å². The number of pyridine rings is 1. The van der Waals surface area contributed by atoms with Gasteiger partial charge in [-0.3, -0.25) is 9.36 Å². The Morgan fingerprint density at radius 2 is 1.74 bits per heavy atom. The highest BCUT2D eigenvalue weighted by molar-refractivity contribution is 5.83. The second-order valence-corrected chi connectivity index (χ2v) is 7.09. The lowest BCUT2D eigenvalue weighted by atomic mass is 9.86. The number of fused-ring (bicyclic) bond motifs is 1. The van der Waals surface area contributed by atoms with Crippen LogP contribution >= 0.6 is 0 Å². The summed E-state index contributed by atoms with van der Waals surface area (Å²) in [5, 5.41) is 11.1. The minimum atomic E-state index is -1.19. The summed E-state index contributed by atoms with van der Waals surface area (Å²) in [6.07, 6.45) is 2.35. The number of carboxylic acids is 1. The molecule has 4 heteroatoms. The maximum atomic E-state index is 12.9. The van der Waals surface area contributed by atoms with Gasteiger partial charge in [0.1, 0.15) is 5.54 Å². The molecule has 0 bridgehead atoms. The second kappa shape index (κ2) is 5.84. The van der Waals surface area contributed by atoms with Crippen molar-refractivity contribution in [1.29, 1.82) is 0 Å². The number of nitrogens with zero attached hydrogens (tertiary/aromatic N) is 1. The fraction of sp³-hybridized carbons (Fsp3) is 0.474. The Kier molecular flexibility index (Phi) is 4.38. The van der Waals surface area contributed by atoms with Crippen LogP contribution in [0.25, 0.3) is 10.8 Å². The quantitative estimate of drug-likeness (QED) is 0.931. The van der Waals surface area contributed by atoms with Gasteiger partial charge in [0.05, 0.1) is 0 Å². The van der Waals surface area contributed by atoms with Gasteiger partial charge in [0.15, 0.2) is 0 Å². The number of benzene rings is 1. The summed E-state index contributed by atoms with van der Waals surface area (Å²) in [6.45, 7) is 9.98. The molecule has 0 amide bonds. The zero-order valence-electron chi connectivity index (χ0n) is 14.5. The maximum Gasteiger partial charge on any atom is 0.329 e. The molecule has 0 aliphatic heterocycles. The first-order valence-corrected chi connectivity index (χ1v) is 8.07. The molecular weight excluding hydrogens is 290 g/mol. The number of carboxylic acid groups (broad SMARTS) is 1. The van der Waals surface area contributed by atoms with E-state index in [4.69, 9.17) is 0 Å². The molecule has 0 saturated heterocycles. The summed E-state index contributed by atoms with van der Waals surface area (Å²) in [4.78, 5) is 24.7. The van der Waals surface area contributed by atoms with E-state index in [-0.39, 0.29) is 11.0 Å². The molecule has 0 fully saturated rings. The van der Waals surface area contributed by atoms with Crippen LogP contribution < -0.4 is 5.56 Å². The van der Waals surface area contributed by atoms with Crippen molar-refractivity contribution < 1.29 is 9.90 Å². The first-order chi connectivity index (χ1) is 10.7. The van der Waals surface area contributed by atoms with Crippen LogP contribution in [0.5, 0.6) is 0 Å². The van der Waals surface area contributed by atoms with Crippen LogP contribution in [-0.2, 0) is 15.7 Å². The van der Waals surface area contributed by atoms with Gasteiger partial charge in [0.2, 0.25) is 0 Å². The monoisotopic (exact) mass is 315 g/mol. The molecule has 1 aromatic carbocycles. The number of aromatic nitrogens is 1. The van der Waals surface area contributed by atoms with Crippen molar-refractivity contribution in [3.8, 4) is 0 Å². The van der Waals surface area contributed by atoms with Crippen molar-refractivity contribution in [3.63, 3.8) is 0 Å². The van der Waals surface area contributed by atoms with Crippen molar-refractivity contribution >= 4 is 16.7 Å². The number of hydrogen-bond acceptors (Lipinski definition) is 2. The van der Waals surface area contributed by atoms with Crippen LogP contribution in [0.15, 0.2) is 35.3 Å². The van der Waals surface area contributed by atoms with E-state index in [1.807, 2.05) is 24.3 Å². The van der Waals surface area contributed by atoms with Gasteiger partial charge >= 0.3 is 5.97 Å². The fourth-order valence-corrected chi connectivity index (χ4v) is 3.05. The number of hydrogen-bond donors (Lipinski definition) is 1. The average molecular weight is 315 g/mol. The molecule has 0 atom stereocenters. The average Bonchev–Trinajstić information content (AvgIpc) is 2.49. The highest BCUT2D eigenvalue weighted by Crippen LogP contribution is 2.27. The molecule has 0 aliphatic rings. The second-order valence-electron chi connectivity index (χ2n) is 7.09. The van der Waals surface area contributed by atoms with Gasteiger partial charge in [-0.15, -0.1) is 0 Å². The topological polar surface area (TPSA) is 59.3 Å². The molecule has 23 heavy (non-hydrogen) atoms. The fourth-order valence-electron chi connectivity index (χ4n) is 3.05. The Morgan fingerprint density at radius 3 is 2.22 bits per heavy atom. The van der Waals surface area contributed by atoms with Gasteiger partial charge in [-0.25, -0.2) is 4.79 Å². The Balaban J connectivity index is 2.74. The molecule has 1 aromatic heterocycles. The van der Waals surface area contributed by atoms with Gasteiger partial charge in [-0.2, -0.15) is 0 Å². The molecule has 2 aromatic rings. The van der Waals surface area contributed by atoms with Gasteiger partial charge in [0, 0.05) is 11.6 Å². The zero-order chi connectivity index (χ0) is 17.4. The molecule has 124 valence electrons. The predicted octanol–water partition coefficient (Wildman–Crippen LogP) is 3.90. The van der Waals surface area contributed by atoms with E-state index < -0.39 is 11.5 Å². The molecule has 0 radical (unpaired) electrons. The third-order valence-corrected chi connectivity index (χ3v) is 4.80. The van der Waals surface area contributed by atoms with E-state index in [1.165, 1.54) is 4.57 Å². The first-order valence-electron chi connectivity index (χ1n) is 8.07. The van der Waals surface area contributed by atoms with E-state index in [1.54, 1.807) is 20.0 Å². The Morgan fingerprint density at radius 1 is 1.13 bits per heavy atom. The Bertz CT molecular complexity index is 792. The molecule has 2 rings (SSSR count). The summed E-state index contributed by atoms with van der Waals surface area (Å²) >= 11 is 0. The van der Waals surface area contributed by atoms with Gasteiger partial charge in [0.25, 0.3) is 5.56 Å². The molecule has 1 heterocycles. The molecule has 0 unspecified atom stereocenters. The van der Waals surface area contributed by atoms with Crippen LogP contribution in [0.4, 0.5) is 0 Å². The highest BCUT2D eigenvalue weighted by atomic mass is 16.4. The van der Waals surface area contributed by atoms with Gasteiger partial charge < -0.3 is 5.11 Å². The Hall–Kier alpha value is -2.10. The number of aliphatic carboxylic acids is 1. The lowest BCUT2D eigenvalue weighted by Gasteiger charge is -2.29. The number of rotatable bonds is 4. The van der Waals surface area contributed by atoms with E-state index >= 15 is 0 Å². The largest absolute Gasteiger partial charge is 0.479 e. The van der Waals surface area contributed by atoms with E-state index in [0.717, 1.165) is 10.9 Å². The molecule has 1 N–H and O–H groups in total. The number of carbonyl (C=O) groups is 1. The van der Waals surface area contributed by atoms with E-state index in [0.29, 0.717) is 18.2 Å². The SMILES string of the molecule is CCC(CC)(C(=O)O)n1ccc2cc(C(C)(C)C)ccc2c1=O. The van der Waals surface area contributed by atoms with Crippen molar-refractivity contribution in [2.24, 2.45) is 0 Å². The molecule has 0 spiro atoms.